The number of hydrogen-bond donors (Lipinski definition) is 1. The third kappa shape index (κ3) is 3.41. The largest absolute Gasteiger partial charge is 0.270 e. The maximum Gasteiger partial charge on any atom is 0.270 e. The van der Waals surface area contributed by atoms with E-state index in [2.05, 4.69) is 4.72 Å². The van der Waals surface area contributed by atoms with Crippen molar-refractivity contribution in [1.29, 1.82) is 0 Å². The zero-order valence-corrected chi connectivity index (χ0v) is 11.5. The van der Waals surface area contributed by atoms with Gasteiger partial charge in [-0.15, -0.1) is 11.6 Å². The lowest BCUT2D eigenvalue weighted by molar-refractivity contribution is -0.385. The summed E-state index contributed by atoms with van der Waals surface area (Å²) in [5.74, 6) is 0.118. The highest BCUT2D eigenvalue weighted by molar-refractivity contribution is 7.89. The number of halogens is 1. The summed E-state index contributed by atoms with van der Waals surface area (Å²) in [5, 5.41) is 10.6. The summed E-state index contributed by atoms with van der Waals surface area (Å²) in [5.41, 5.74) is 0.175. The zero-order valence-electron chi connectivity index (χ0n) is 9.88. The summed E-state index contributed by atoms with van der Waals surface area (Å²) >= 11 is 5.53. The van der Waals surface area contributed by atoms with E-state index in [0.29, 0.717) is 5.56 Å². The second kappa shape index (κ2) is 5.64. The highest BCUT2D eigenvalue weighted by Gasteiger charge is 2.21. The third-order valence-corrected chi connectivity index (χ3v) is 4.45. The number of nitro groups is 1. The Kier molecular flexibility index (Phi) is 4.66. The summed E-state index contributed by atoms with van der Waals surface area (Å²) < 4.78 is 26.4. The van der Waals surface area contributed by atoms with Crippen molar-refractivity contribution in [3.63, 3.8) is 0 Å². The molecule has 0 saturated heterocycles. The first-order chi connectivity index (χ1) is 8.27. The predicted molar refractivity (Wildman–Crippen MR) is 68.3 cm³/mol. The lowest BCUT2D eigenvalue weighted by atomic mass is 10.2. The van der Waals surface area contributed by atoms with E-state index in [0.717, 1.165) is 6.07 Å². The minimum Gasteiger partial charge on any atom is -0.258 e. The molecule has 0 aliphatic heterocycles. The van der Waals surface area contributed by atoms with Crippen molar-refractivity contribution < 1.29 is 13.3 Å². The van der Waals surface area contributed by atoms with Gasteiger partial charge in [0.2, 0.25) is 10.0 Å². The van der Waals surface area contributed by atoms with Crippen LogP contribution in [0, 0.1) is 17.0 Å². The third-order valence-electron chi connectivity index (χ3n) is 2.26. The van der Waals surface area contributed by atoms with E-state index < -0.39 is 21.0 Å². The molecule has 1 aromatic carbocycles. The van der Waals surface area contributed by atoms with E-state index in [1.807, 2.05) is 0 Å². The number of nitrogens with zero attached hydrogens (tertiary/aromatic N) is 1. The van der Waals surface area contributed by atoms with Crippen LogP contribution in [-0.4, -0.2) is 25.3 Å². The normalized spacial score (nSPS) is 13.3. The summed E-state index contributed by atoms with van der Waals surface area (Å²) in [6, 6.07) is 3.26. The Morgan fingerprint density at radius 2 is 2.11 bits per heavy atom. The van der Waals surface area contributed by atoms with Crippen LogP contribution in [-0.2, 0) is 10.0 Å². The number of non-ortho nitro benzene ring substituents is 1. The van der Waals surface area contributed by atoms with Gasteiger partial charge in [0.05, 0.1) is 9.82 Å². The van der Waals surface area contributed by atoms with E-state index in [-0.39, 0.29) is 16.5 Å². The maximum absolute atomic E-state index is 12.0. The van der Waals surface area contributed by atoms with Crippen LogP contribution in [0.1, 0.15) is 12.5 Å². The average Bonchev–Trinajstić information content (AvgIpc) is 2.28. The van der Waals surface area contributed by atoms with Gasteiger partial charge >= 0.3 is 0 Å². The molecule has 0 amide bonds. The monoisotopic (exact) mass is 292 g/mol. The second-order valence-electron chi connectivity index (χ2n) is 3.88. The summed E-state index contributed by atoms with van der Waals surface area (Å²) in [6.07, 6.45) is 0. The SMILES string of the molecule is Cc1ccc([N+](=O)[O-])cc1S(=O)(=O)NC(C)CCl. The van der Waals surface area contributed by atoms with Crippen LogP contribution in [0.4, 0.5) is 5.69 Å². The number of nitrogens with one attached hydrogen (secondary N) is 1. The molecule has 0 bridgehead atoms. The van der Waals surface area contributed by atoms with Gasteiger partial charge in [-0.25, -0.2) is 13.1 Å². The number of nitro benzene ring substituents is 1. The van der Waals surface area contributed by atoms with Crippen molar-refractivity contribution in [3.05, 3.63) is 33.9 Å². The van der Waals surface area contributed by atoms with Crippen molar-refractivity contribution in [2.45, 2.75) is 24.8 Å². The molecule has 1 rings (SSSR count). The number of sulfonamides is 1. The predicted octanol–water partition coefficient (Wildman–Crippen LogP) is 1.81. The second-order valence-corrected chi connectivity index (χ2v) is 5.87. The van der Waals surface area contributed by atoms with E-state index in [1.54, 1.807) is 13.8 Å². The number of rotatable bonds is 5. The first-order valence-corrected chi connectivity index (χ1v) is 7.13. The number of hydrogen-bond acceptors (Lipinski definition) is 4. The van der Waals surface area contributed by atoms with Gasteiger partial charge in [-0.1, -0.05) is 6.07 Å². The summed E-state index contributed by atoms with van der Waals surface area (Å²) in [7, 11) is -3.80. The molecule has 0 heterocycles. The fraction of sp³-hybridized carbons (Fsp3) is 0.400. The Balaban J connectivity index is 3.23. The molecule has 8 heteroatoms. The molecule has 0 aliphatic carbocycles. The van der Waals surface area contributed by atoms with Gasteiger partial charge in [0.15, 0.2) is 0 Å². The molecular weight excluding hydrogens is 280 g/mol. The first-order valence-electron chi connectivity index (χ1n) is 5.11. The van der Waals surface area contributed by atoms with Crippen molar-refractivity contribution in [1.82, 2.24) is 4.72 Å². The smallest absolute Gasteiger partial charge is 0.258 e. The maximum atomic E-state index is 12.0. The number of aryl methyl sites for hydroxylation is 1. The lowest BCUT2D eigenvalue weighted by Gasteiger charge is -2.12. The van der Waals surface area contributed by atoms with Gasteiger partial charge in [-0.05, 0) is 19.4 Å². The topological polar surface area (TPSA) is 89.3 Å². The summed E-state index contributed by atoms with van der Waals surface area (Å²) in [6.45, 7) is 3.18. The van der Waals surface area contributed by atoms with E-state index in [9.17, 15) is 18.5 Å². The molecule has 0 aliphatic rings. The van der Waals surface area contributed by atoms with Gasteiger partial charge in [0.25, 0.3) is 5.69 Å². The average molecular weight is 293 g/mol. The fourth-order valence-corrected chi connectivity index (χ4v) is 3.03. The highest BCUT2D eigenvalue weighted by Crippen LogP contribution is 2.21. The molecule has 100 valence electrons. The minimum atomic E-state index is -3.80. The Labute approximate surface area is 110 Å². The molecular formula is C10H13ClN2O4S. The molecule has 6 nitrogen and oxygen atoms in total. The van der Waals surface area contributed by atoms with Crippen LogP contribution in [0.25, 0.3) is 0 Å². The van der Waals surface area contributed by atoms with Crippen molar-refractivity contribution >= 4 is 27.3 Å². The van der Waals surface area contributed by atoms with Gasteiger partial charge in [0, 0.05) is 24.1 Å². The van der Waals surface area contributed by atoms with Crippen molar-refractivity contribution in [2.75, 3.05) is 5.88 Å². The van der Waals surface area contributed by atoms with Crippen LogP contribution in [0.15, 0.2) is 23.1 Å². The Hall–Kier alpha value is -1.18. The standard InChI is InChI=1S/C10H13ClN2O4S/c1-7-3-4-9(13(14)15)5-10(7)18(16,17)12-8(2)6-11/h3-5,8,12H,6H2,1-2H3. The molecule has 0 radical (unpaired) electrons. The lowest BCUT2D eigenvalue weighted by Crippen LogP contribution is -2.34. The number of alkyl halides is 1. The van der Waals surface area contributed by atoms with Crippen molar-refractivity contribution in [3.8, 4) is 0 Å². The van der Waals surface area contributed by atoms with Crippen LogP contribution in [0.5, 0.6) is 0 Å². The summed E-state index contributed by atoms with van der Waals surface area (Å²) in [4.78, 5) is 9.90. The van der Waals surface area contributed by atoms with Gasteiger partial charge < -0.3 is 0 Å². The molecule has 0 saturated carbocycles. The Morgan fingerprint density at radius 3 is 2.61 bits per heavy atom. The molecule has 1 atom stereocenters. The molecule has 0 fully saturated rings. The molecule has 1 unspecified atom stereocenters. The zero-order chi connectivity index (χ0) is 13.9. The van der Waals surface area contributed by atoms with Gasteiger partial charge in [0.1, 0.15) is 0 Å². The van der Waals surface area contributed by atoms with Crippen LogP contribution in [0.3, 0.4) is 0 Å². The Morgan fingerprint density at radius 1 is 1.50 bits per heavy atom. The van der Waals surface area contributed by atoms with Crippen molar-refractivity contribution in [2.24, 2.45) is 0 Å². The molecule has 0 aromatic heterocycles. The van der Waals surface area contributed by atoms with E-state index in [1.165, 1.54) is 12.1 Å². The fourth-order valence-electron chi connectivity index (χ4n) is 1.35. The first kappa shape index (κ1) is 14.9. The van der Waals surface area contributed by atoms with E-state index >= 15 is 0 Å². The van der Waals surface area contributed by atoms with Crippen LogP contribution >= 0.6 is 11.6 Å². The van der Waals surface area contributed by atoms with Gasteiger partial charge in [-0.3, -0.25) is 10.1 Å². The van der Waals surface area contributed by atoms with Crippen LogP contribution in [0.2, 0.25) is 0 Å². The molecule has 1 N–H and O–H groups in total. The van der Waals surface area contributed by atoms with Gasteiger partial charge in [-0.2, -0.15) is 0 Å². The quantitative estimate of drug-likeness (QED) is 0.509. The molecule has 0 spiro atoms. The minimum absolute atomic E-state index is 0.103. The number of benzene rings is 1. The highest BCUT2D eigenvalue weighted by atomic mass is 35.5. The van der Waals surface area contributed by atoms with Crippen LogP contribution < -0.4 is 4.72 Å². The molecule has 18 heavy (non-hydrogen) atoms. The molecule has 1 aromatic rings. The van der Waals surface area contributed by atoms with E-state index in [4.69, 9.17) is 11.6 Å². The Bertz CT molecular complexity index is 559.